The third-order valence-electron chi connectivity index (χ3n) is 11.8. The fourth-order valence-electron chi connectivity index (χ4n) is 7.02. The summed E-state index contributed by atoms with van der Waals surface area (Å²) in [4.78, 5) is 0. The number of nitrogens with one attached hydrogen (secondary N) is 1. The highest BCUT2D eigenvalue weighted by atomic mass is 16.7. The summed E-state index contributed by atoms with van der Waals surface area (Å²) >= 11 is 0. The Morgan fingerprint density at radius 1 is 0.500 bits per heavy atom. The summed E-state index contributed by atoms with van der Waals surface area (Å²) < 4.78 is 36.3. The van der Waals surface area contributed by atoms with Crippen LogP contribution in [-0.4, -0.2) is 64.0 Å². The van der Waals surface area contributed by atoms with E-state index < -0.39 is 0 Å². The molecule has 4 aliphatic rings. The van der Waals surface area contributed by atoms with Gasteiger partial charge in [-0.1, -0.05) is 67.8 Å². The third-order valence-corrected chi connectivity index (χ3v) is 11.8. The van der Waals surface area contributed by atoms with Crippen molar-refractivity contribution < 1.29 is 28.1 Å². The van der Waals surface area contributed by atoms with Crippen LogP contribution in [0.15, 0.2) is 48.5 Å². The lowest BCUT2D eigenvalue weighted by Gasteiger charge is -2.37. The van der Waals surface area contributed by atoms with Crippen LogP contribution in [0.1, 0.15) is 111 Å². The molecule has 0 atom stereocenters. The van der Waals surface area contributed by atoms with E-state index in [0.717, 1.165) is 49.7 Å². The maximum atomic E-state index is 6.13. The second-order valence-corrected chi connectivity index (χ2v) is 15.6. The zero-order valence-corrected chi connectivity index (χ0v) is 30.1. The summed E-state index contributed by atoms with van der Waals surface area (Å²) in [5.74, 6) is 0. The largest absolute Gasteiger partial charge is 0.494 e. The number of methoxy groups -OCH3 is 2. The van der Waals surface area contributed by atoms with Crippen LogP contribution in [0.25, 0.3) is 0 Å². The lowest BCUT2D eigenvalue weighted by atomic mass is 9.75. The van der Waals surface area contributed by atoms with Gasteiger partial charge in [0.1, 0.15) is 0 Å². The van der Waals surface area contributed by atoms with Crippen LogP contribution in [0.5, 0.6) is 0 Å². The molecule has 1 N–H and O–H groups in total. The highest BCUT2D eigenvalue weighted by molar-refractivity contribution is 6.62. The fourth-order valence-corrected chi connectivity index (χ4v) is 7.02. The molecule has 0 spiro atoms. The molecule has 2 aromatic rings. The lowest BCUT2D eigenvalue weighted by Crippen LogP contribution is -2.41. The van der Waals surface area contributed by atoms with Crippen molar-refractivity contribution in [3.05, 3.63) is 59.7 Å². The quantitative estimate of drug-likeness (QED) is 0.392. The van der Waals surface area contributed by atoms with Gasteiger partial charge in [0, 0.05) is 14.2 Å². The number of hydrogen-bond acceptors (Lipinski definition) is 7. The van der Waals surface area contributed by atoms with E-state index in [4.69, 9.17) is 28.1 Å². The molecule has 4 fully saturated rings. The van der Waals surface area contributed by atoms with Crippen molar-refractivity contribution in [3.8, 4) is 0 Å². The van der Waals surface area contributed by atoms with Crippen LogP contribution in [0.2, 0.25) is 0 Å². The first-order valence-electron chi connectivity index (χ1n) is 17.3. The molecule has 3 saturated heterocycles. The Kier molecular flexibility index (Phi) is 10.3. The molecule has 9 heteroatoms. The standard InChI is InChI=1S/C19H29BO3.C18H28BNO3/c1-17(2)18(3,4)23-20(22-17)16-11-9-15(10-12-16)19(21-5)13-7-6-8-14-19;1-16(2)17(3,4)23-19(22-16)15-8-6-14(7-9-15)18(21-5)10-12-20-13-11-18/h9-12H,6-8,13-14H2,1-5H3;6-9,20H,10-13H2,1-5H3. The number of rotatable bonds is 6. The summed E-state index contributed by atoms with van der Waals surface area (Å²) in [7, 11) is 3.06. The topological polar surface area (TPSA) is 67.4 Å². The van der Waals surface area contributed by atoms with E-state index in [0.29, 0.717) is 0 Å². The predicted molar refractivity (Wildman–Crippen MR) is 187 cm³/mol. The third kappa shape index (κ3) is 6.89. The minimum absolute atomic E-state index is 0.104. The normalized spacial score (nSPS) is 25.5. The summed E-state index contributed by atoms with van der Waals surface area (Å²) in [6.07, 6.45) is 8.02. The Balaban J connectivity index is 0.000000181. The summed E-state index contributed by atoms with van der Waals surface area (Å²) in [6, 6.07) is 17.2. The Labute approximate surface area is 279 Å². The number of benzene rings is 2. The maximum absolute atomic E-state index is 6.13. The van der Waals surface area contributed by atoms with Gasteiger partial charge < -0.3 is 33.4 Å². The van der Waals surface area contributed by atoms with Gasteiger partial charge in [-0.15, -0.1) is 0 Å². The minimum atomic E-state index is -0.306. The summed E-state index contributed by atoms with van der Waals surface area (Å²) in [5.41, 5.74) is 3.18. The van der Waals surface area contributed by atoms with Gasteiger partial charge in [-0.25, -0.2) is 0 Å². The Bertz CT molecular complexity index is 1160. The molecule has 1 saturated carbocycles. The first kappa shape index (κ1) is 35.6. The molecule has 252 valence electrons. The van der Waals surface area contributed by atoms with Crippen LogP contribution in [0.3, 0.4) is 0 Å². The Hall–Kier alpha value is -1.71. The maximum Gasteiger partial charge on any atom is 0.494 e. The molecule has 3 heterocycles. The smallest absolute Gasteiger partial charge is 0.399 e. The zero-order valence-electron chi connectivity index (χ0n) is 30.1. The van der Waals surface area contributed by atoms with Crippen molar-refractivity contribution in [1.82, 2.24) is 5.32 Å². The number of hydrogen-bond donors (Lipinski definition) is 1. The highest BCUT2D eigenvalue weighted by Crippen LogP contribution is 2.41. The van der Waals surface area contributed by atoms with Crippen molar-refractivity contribution in [2.75, 3.05) is 27.3 Å². The zero-order chi connectivity index (χ0) is 33.4. The Morgan fingerprint density at radius 3 is 1.15 bits per heavy atom. The molecule has 6 rings (SSSR count). The van der Waals surface area contributed by atoms with E-state index in [2.05, 4.69) is 109 Å². The fraction of sp³-hybridized carbons (Fsp3) is 0.676. The molecule has 7 nitrogen and oxygen atoms in total. The number of ether oxygens (including phenoxy) is 2. The van der Waals surface area contributed by atoms with Crippen molar-refractivity contribution >= 4 is 25.2 Å². The van der Waals surface area contributed by atoms with Gasteiger partial charge in [-0.3, -0.25) is 0 Å². The molecule has 3 aliphatic heterocycles. The highest BCUT2D eigenvalue weighted by Gasteiger charge is 2.53. The molecule has 0 amide bonds. The Morgan fingerprint density at radius 2 is 0.826 bits per heavy atom. The van der Waals surface area contributed by atoms with Crippen molar-refractivity contribution in [2.24, 2.45) is 0 Å². The summed E-state index contributed by atoms with van der Waals surface area (Å²) in [5, 5.41) is 3.40. The lowest BCUT2D eigenvalue weighted by molar-refractivity contribution is -0.0445. The van der Waals surface area contributed by atoms with Gasteiger partial charge in [-0.05, 0) is 116 Å². The predicted octanol–water partition coefficient (Wildman–Crippen LogP) is 6.00. The molecular weight excluding hydrogens is 576 g/mol. The molecule has 46 heavy (non-hydrogen) atoms. The second kappa shape index (κ2) is 13.3. The molecule has 0 unspecified atom stereocenters. The molecule has 0 radical (unpaired) electrons. The van der Waals surface area contributed by atoms with E-state index >= 15 is 0 Å². The molecule has 2 aromatic carbocycles. The SMILES string of the molecule is COC1(c2ccc(B3OC(C)(C)C(C)(C)O3)cc2)CCCCC1.COC1(c2ccc(B3OC(C)(C)C(C)(C)O3)cc2)CCNCC1. The van der Waals surface area contributed by atoms with Crippen LogP contribution in [-0.2, 0) is 39.3 Å². The van der Waals surface area contributed by atoms with Crippen LogP contribution < -0.4 is 16.2 Å². The van der Waals surface area contributed by atoms with E-state index in [1.54, 1.807) is 0 Å². The van der Waals surface area contributed by atoms with Gasteiger partial charge in [0.15, 0.2) is 0 Å². The first-order chi connectivity index (χ1) is 21.6. The van der Waals surface area contributed by atoms with Crippen LogP contribution in [0, 0.1) is 0 Å². The van der Waals surface area contributed by atoms with Crippen LogP contribution in [0.4, 0.5) is 0 Å². The van der Waals surface area contributed by atoms with E-state index in [-0.39, 0.29) is 47.8 Å². The van der Waals surface area contributed by atoms with Gasteiger partial charge in [0.05, 0.1) is 33.6 Å². The van der Waals surface area contributed by atoms with E-state index in [1.165, 1.54) is 30.4 Å². The van der Waals surface area contributed by atoms with Gasteiger partial charge >= 0.3 is 14.2 Å². The molecular formula is C37H57B2NO6. The van der Waals surface area contributed by atoms with Crippen molar-refractivity contribution in [1.29, 1.82) is 0 Å². The average Bonchev–Trinajstić information content (AvgIpc) is 3.41. The minimum Gasteiger partial charge on any atom is -0.399 e. The molecule has 0 aromatic heterocycles. The van der Waals surface area contributed by atoms with Gasteiger partial charge in [0.25, 0.3) is 0 Å². The second-order valence-electron chi connectivity index (χ2n) is 15.6. The molecule has 1 aliphatic carbocycles. The van der Waals surface area contributed by atoms with E-state index in [9.17, 15) is 0 Å². The monoisotopic (exact) mass is 633 g/mol. The first-order valence-corrected chi connectivity index (χ1v) is 17.3. The molecule has 0 bridgehead atoms. The van der Waals surface area contributed by atoms with Crippen molar-refractivity contribution in [3.63, 3.8) is 0 Å². The van der Waals surface area contributed by atoms with Gasteiger partial charge in [-0.2, -0.15) is 0 Å². The summed E-state index contributed by atoms with van der Waals surface area (Å²) in [6.45, 7) is 18.7. The van der Waals surface area contributed by atoms with Crippen molar-refractivity contribution in [2.45, 2.75) is 134 Å². The van der Waals surface area contributed by atoms with Gasteiger partial charge in [0.2, 0.25) is 0 Å². The average molecular weight is 633 g/mol. The number of piperidine rings is 1. The van der Waals surface area contributed by atoms with E-state index in [1.807, 2.05) is 14.2 Å². The van der Waals surface area contributed by atoms with Crippen LogP contribution >= 0.6 is 0 Å².